The highest BCUT2D eigenvalue weighted by Gasteiger charge is 2.54. The van der Waals surface area contributed by atoms with Crippen LogP contribution in [0.25, 0.3) is 5.78 Å². The maximum atomic E-state index is 13.4. The quantitative estimate of drug-likeness (QED) is 0.0320. The molecule has 5 heterocycles. The number of carboxylic acid groups (broad SMARTS) is 1. The predicted octanol–water partition coefficient (Wildman–Crippen LogP) is 0.482. The number of hydrazine groups is 1. The van der Waals surface area contributed by atoms with Gasteiger partial charge in [0.1, 0.15) is 34.4 Å². The molecule has 3 aromatic rings. The summed E-state index contributed by atoms with van der Waals surface area (Å²) in [5.74, 6) is 3.12. The van der Waals surface area contributed by atoms with Crippen molar-refractivity contribution in [3.63, 3.8) is 0 Å². The number of ether oxygens (including phenoxy) is 1. The maximum Gasteiger partial charge on any atom is 0.352 e. The van der Waals surface area contributed by atoms with Crippen molar-refractivity contribution in [2.45, 2.75) is 49.4 Å². The van der Waals surface area contributed by atoms with E-state index in [2.05, 4.69) is 30.5 Å². The minimum Gasteiger partial charge on any atom is -0.477 e. The number of thiazole rings is 1. The lowest BCUT2D eigenvalue weighted by molar-refractivity contribution is -0.150. The Morgan fingerprint density at radius 1 is 1.25 bits per heavy atom. The molecule has 0 radical (unpaired) electrons. The molecule has 18 nitrogen and oxygen atoms in total. The van der Waals surface area contributed by atoms with Crippen molar-refractivity contribution in [1.82, 2.24) is 40.2 Å². The number of hydrogen-bond acceptors (Lipinski definition) is 16. The highest BCUT2D eigenvalue weighted by molar-refractivity contribution is 8.01. The molecular formula is C25H31Cl2N11O7S3. The lowest BCUT2D eigenvalue weighted by Crippen LogP contribution is -2.71. The molecule has 260 valence electrons. The molecule has 0 aromatic carbocycles. The Labute approximate surface area is 297 Å². The van der Waals surface area contributed by atoms with Gasteiger partial charge in [-0.3, -0.25) is 24.7 Å². The van der Waals surface area contributed by atoms with Crippen LogP contribution in [0.4, 0.5) is 5.13 Å². The first kappa shape index (κ1) is 38.7. The zero-order chi connectivity index (χ0) is 33.3. The maximum absolute atomic E-state index is 13.4. The highest BCUT2D eigenvalue weighted by Crippen LogP contribution is 2.41. The Morgan fingerprint density at radius 3 is 2.60 bits per heavy atom. The molecule has 3 amide bonds. The summed E-state index contributed by atoms with van der Waals surface area (Å²) in [6.45, 7) is 4.78. The van der Waals surface area contributed by atoms with Crippen molar-refractivity contribution in [2.75, 3.05) is 24.3 Å². The number of aryl methyl sites for hydroxylation is 1. The number of nitrogens with one attached hydrogen (secondary N) is 2. The van der Waals surface area contributed by atoms with Gasteiger partial charge in [0.25, 0.3) is 23.5 Å². The number of carbonyl (C=O) groups excluding carboxylic acids is 3. The molecule has 0 saturated carbocycles. The summed E-state index contributed by atoms with van der Waals surface area (Å²) < 4.78 is 6.68. The Hall–Kier alpha value is -3.73. The smallest absolute Gasteiger partial charge is 0.352 e. The number of nitrogens with two attached hydrogens (primary N) is 2. The van der Waals surface area contributed by atoms with Crippen LogP contribution in [0.2, 0.25) is 0 Å². The van der Waals surface area contributed by atoms with E-state index in [0.29, 0.717) is 27.9 Å². The third-order valence-electron chi connectivity index (χ3n) is 6.68. The molecule has 1 fully saturated rings. The van der Waals surface area contributed by atoms with E-state index in [9.17, 15) is 24.3 Å². The number of aromatic nitrogens is 5. The highest BCUT2D eigenvalue weighted by atomic mass is 35.5. The minimum absolute atomic E-state index is 0. The van der Waals surface area contributed by atoms with Crippen LogP contribution in [0.3, 0.4) is 0 Å². The number of thioether (sulfide) groups is 2. The van der Waals surface area contributed by atoms with E-state index in [1.807, 2.05) is 18.4 Å². The number of aliphatic carboxylic acids is 1. The summed E-state index contributed by atoms with van der Waals surface area (Å²) in [6.07, 6.45) is 0. The number of anilines is 1. The van der Waals surface area contributed by atoms with Crippen LogP contribution in [0.1, 0.15) is 31.1 Å². The topological polar surface area (TPSA) is 255 Å². The number of carbonyl (C=O) groups is 4. The fourth-order valence-electron chi connectivity index (χ4n) is 4.43. The molecule has 48 heavy (non-hydrogen) atoms. The average molecular weight is 765 g/mol. The zero-order valence-corrected chi connectivity index (χ0v) is 29.7. The Bertz CT molecular complexity index is 1800. The van der Waals surface area contributed by atoms with Gasteiger partial charge in [0.15, 0.2) is 16.7 Å². The van der Waals surface area contributed by atoms with E-state index in [4.69, 9.17) is 21.2 Å². The monoisotopic (exact) mass is 763 g/mol. The molecule has 2 aliphatic rings. The number of halogens is 2. The van der Waals surface area contributed by atoms with Gasteiger partial charge in [-0.1, -0.05) is 5.16 Å². The lowest BCUT2D eigenvalue weighted by Gasteiger charge is -2.49. The van der Waals surface area contributed by atoms with E-state index in [1.54, 1.807) is 4.52 Å². The van der Waals surface area contributed by atoms with Gasteiger partial charge in [-0.25, -0.2) is 20.6 Å². The number of nitrogens with zero attached hydrogens (tertiary/aromatic N) is 7. The Kier molecular flexibility index (Phi) is 12.6. The molecule has 0 spiro atoms. The van der Waals surface area contributed by atoms with Gasteiger partial charge in [0, 0.05) is 29.7 Å². The number of nitrogen functional groups attached to an aromatic ring is 1. The van der Waals surface area contributed by atoms with Crippen LogP contribution in [0, 0.1) is 6.92 Å². The second-order valence-corrected chi connectivity index (χ2v) is 13.4. The molecule has 0 bridgehead atoms. The normalized spacial score (nSPS) is 17.6. The van der Waals surface area contributed by atoms with E-state index in [1.165, 1.54) is 54.8 Å². The Balaban J connectivity index is 0.00000312. The van der Waals surface area contributed by atoms with Crippen molar-refractivity contribution in [1.29, 1.82) is 0 Å². The summed E-state index contributed by atoms with van der Waals surface area (Å²) in [6, 6.07) is 0.741. The van der Waals surface area contributed by atoms with Crippen molar-refractivity contribution in [2.24, 2.45) is 11.0 Å². The Morgan fingerprint density at radius 2 is 1.98 bits per heavy atom. The fraction of sp³-hybridized carbons (Fsp3) is 0.400. The number of carboxylic acids is 1. The summed E-state index contributed by atoms with van der Waals surface area (Å²) in [5.41, 5.74) is 6.92. The summed E-state index contributed by atoms with van der Waals surface area (Å²) in [4.78, 5) is 70.5. The third kappa shape index (κ3) is 7.77. The van der Waals surface area contributed by atoms with Crippen molar-refractivity contribution < 1.29 is 33.9 Å². The number of amides is 3. The number of β-lactam (4-membered cyclic amide) rings is 1. The van der Waals surface area contributed by atoms with Gasteiger partial charge >= 0.3 is 5.97 Å². The van der Waals surface area contributed by atoms with E-state index >= 15 is 0 Å². The van der Waals surface area contributed by atoms with Crippen LogP contribution >= 0.6 is 59.7 Å². The van der Waals surface area contributed by atoms with E-state index < -0.39 is 40.7 Å². The molecule has 2 atom stereocenters. The first-order valence-electron chi connectivity index (χ1n) is 13.4. The molecule has 23 heteroatoms. The number of hydrogen-bond donors (Lipinski definition) is 5. The second kappa shape index (κ2) is 15.7. The summed E-state index contributed by atoms with van der Waals surface area (Å²) >= 11 is 3.68. The van der Waals surface area contributed by atoms with Gasteiger partial charge in [-0.2, -0.15) is 9.50 Å². The van der Waals surface area contributed by atoms with Gasteiger partial charge < -0.3 is 25.7 Å². The van der Waals surface area contributed by atoms with Gasteiger partial charge in [-0.05, 0) is 32.4 Å². The lowest BCUT2D eigenvalue weighted by atomic mass is 10.0. The molecule has 1 unspecified atom stereocenters. The number of methoxy groups -OCH3 is 1. The number of rotatable bonds is 12. The van der Waals surface area contributed by atoms with Crippen LogP contribution < -0.4 is 22.3 Å². The van der Waals surface area contributed by atoms with Crippen LogP contribution in [0.5, 0.6) is 0 Å². The van der Waals surface area contributed by atoms with Crippen molar-refractivity contribution in [3.05, 3.63) is 39.9 Å². The molecule has 0 aliphatic carbocycles. The van der Waals surface area contributed by atoms with E-state index in [0.717, 1.165) is 11.3 Å². The largest absolute Gasteiger partial charge is 0.477 e. The van der Waals surface area contributed by atoms with Gasteiger partial charge in [-0.15, -0.1) is 64.8 Å². The van der Waals surface area contributed by atoms with Crippen molar-refractivity contribution in [3.8, 4) is 0 Å². The average Bonchev–Trinajstić information content (AvgIpc) is 3.63. The van der Waals surface area contributed by atoms with Crippen LogP contribution in [-0.2, 0) is 35.4 Å². The second-order valence-electron chi connectivity index (χ2n) is 10.4. The molecular weight excluding hydrogens is 733 g/mol. The van der Waals surface area contributed by atoms with Crippen LogP contribution in [0.15, 0.2) is 32.9 Å². The minimum atomic E-state index is -1.55. The van der Waals surface area contributed by atoms with E-state index in [-0.39, 0.29) is 65.2 Å². The SMILES string of the molecule is COCc1nc2nc(C)cc(SCC3=C(C(=O)O)N4C(=O)C(NC(=O)C(=NOC(C)(C)C(=O)NN)c5csc(N)n5)[C@@H]4SC3)n2n1.Cl.Cl. The molecule has 2 aliphatic heterocycles. The first-order valence-corrected chi connectivity index (χ1v) is 16.3. The zero-order valence-electron chi connectivity index (χ0n) is 25.7. The molecule has 5 rings (SSSR count). The molecule has 7 N–H and O–H groups in total. The van der Waals surface area contributed by atoms with Crippen LogP contribution in [-0.4, -0.2) is 99.6 Å². The molecule has 1 saturated heterocycles. The first-order chi connectivity index (χ1) is 21.8. The summed E-state index contributed by atoms with van der Waals surface area (Å²) in [7, 11) is 1.53. The summed E-state index contributed by atoms with van der Waals surface area (Å²) in [5, 5.41) is 22.6. The standard InChI is InChI=1S/C25H29N11O7S3.2ClH/c1-10-5-14(36-24(28-10)30-13(33-36)6-42-4)44-7-11-8-45-20-16(19(38)35(20)17(11)21(39)40)31-18(37)15(12-9-46-23(26)29-12)34-43-25(2,3)22(41)32-27;;/h5,9,16,20H,6-8,27H2,1-4H3,(H2,26,29)(H,31,37)(H,32,41)(H,39,40);2*1H/t16?,20-;;/m0../s1. The number of oxime groups is 1. The predicted molar refractivity (Wildman–Crippen MR) is 182 cm³/mol. The van der Waals surface area contributed by atoms with Gasteiger partial charge in [0.2, 0.25) is 5.60 Å². The molecule has 3 aromatic heterocycles. The third-order valence-corrected chi connectivity index (χ3v) is 9.77. The van der Waals surface area contributed by atoms with Crippen molar-refractivity contribution >= 4 is 100.0 Å². The number of fused-ring (bicyclic) bond motifs is 2. The fourth-order valence-corrected chi connectivity index (χ4v) is 7.51. The van der Waals surface area contributed by atoms with Gasteiger partial charge in [0.05, 0.1) is 0 Å².